The molecule has 4 aromatic rings. The third kappa shape index (κ3) is 4.38. The minimum Gasteiger partial charge on any atom is -0.493 e. The first-order chi connectivity index (χ1) is 14.2. The van der Waals surface area contributed by atoms with E-state index in [1.165, 1.54) is 7.11 Å². The van der Waals surface area contributed by atoms with Crippen LogP contribution in [-0.2, 0) is 18.0 Å². The molecule has 0 unspecified atom stereocenters. The van der Waals surface area contributed by atoms with Crippen LogP contribution in [0.2, 0.25) is 0 Å². The van der Waals surface area contributed by atoms with E-state index in [-0.39, 0.29) is 6.61 Å². The van der Waals surface area contributed by atoms with Crippen LogP contribution in [0.25, 0.3) is 5.65 Å². The van der Waals surface area contributed by atoms with Gasteiger partial charge in [0.1, 0.15) is 18.9 Å². The summed E-state index contributed by atoms with van der Waals surface area (Å²) in [6.45, 7) is 0.504. The van der Waals surface area contributed by atoms with E-state index in [1.807, 2.05) is 65.3 Å². The van der Waals surface area contributed by atoms with E-state index < -0.39 is 5.97 Å². The Balaban J connectivity index is 1.41. The molecule has 6 nitrogen and oxygen atoms in total. The fourth-order valence-corrected chi connectivity index (χ4v) is 2.93. The summed E-state index contributed by atoms with van der Waals surface area (Å²) >= 11 is 0. The first-order valence-corrected chi connectivity index (χ1v) is 9.17. The van der Waals surface area contributed by atoms with Gasteiger partial charge >= 0.3 is 5.97 Å². The Bertz CT molecular complexity index is 1090. The zero-order valence-electron chi connectivity index (χ0n) is 15.9. The van der Waals surface area contributed by atoms with Gasteiger partial charge < -0.3 is 18.6 Å². The van der Waals surface area contributed by atoms with Crippen molar-refractivity contribution in [3.8, 4) is 11.5 Å². The van der Waals surface area contributed by atoms with Crippen LogP contribution >= 0.6 is 0 Å². The molecule has 0 atom stereocenters. The number of benzene rings is 2. The summed E-state index contributed by atoms with van der Waals surface area (Å²) in [5.41, 5.74) is 2.92. The summed E-state index contributed by atoms with van der Waals surface area (Å²) in [7, 11) is 1.54. The molecule has 0 bridgehead atoms. The number of hydrogen-bond donors (Lipinski definition) is 0. The number of aromatic nitrogens is 2. The molecule has 2 aromatic carbocycles. The van der Waals surface area contributed by atoms with Crippen LogP contribution in [0, 0.1) is 0 Å². The largest absolute Gasteiger partial charge is 0.493 e. The maximum Gasteiger partial charge on any atom is 0.338 e. The zero-order chi connectivity index (χ0) is 20.1. The zero-order valence-corrected chi connectivity index (χ0v) is 15.9. The molecule has 0 aliphatic rings. The van der Waals surface area contributed by atoms with Gasteiger partial charge in [-0.3, -0.25) is 0 Å². The van der Waals surface area contributed by atoms with Crippen LogP contribution in [0.3, 0.4) is 0 Å². The van der Waals surface area contributed by atoms with Crippen LogP contribution in [0.4, 0.5) is 0 Å². The molecule has 0 spiro atoms. The average molecular weight is 388 g/mol. The molecule has 0 saturated heterocycles. The van der Waals surface area contributed by atoms with Gasteiger partial charge in [0.2, 0.25) is 0 Å². The van der Waals surface area contributed by atoms with Crippen molar-refractivity contribution in [1.29, 1.82) is 0 Å². The lowest BCUT2D eigenvalue weighted by atomic mass is 10.2. The Morgan fingerprint density at radius 2 is 1.79 bits per heavy atom. The van der Waals surface area contributed by atoms with Gasteiger partial charge in [-0.1, -0.05) is 36.4 Å². The molecule has 0 fully saturated rings. The Kier molecular flexibility index (Phi) is 5.42. The van der Waals surface area contributed by atoms with Crippen LogP contribution in [-0.4, -0.2) is 22.5 Å². The second-order valence-corrected chi connectivity index (χ2v) is 6.41. The Morgan fingerprint density at radius 1 is 0.966 bits per heavy atom. The average Bonchev–Trinajstić information content (AvgIpc) is 3.19. The van der Waals surface area contributed by atoms with Gasteiger partial charge in [-0.2, -0.15) is 0 Å². The SMILES string of the molecule is COc1cc(C(=O)OCc2cn3ccccc3n2)ccc1OCc1ccccc1. The number of carbonyl (C=O) groups is 1. The second-order valence-electron chi connectivity index (χ2n) is 6.41. The van der Waals surface area contributed by atoms with Crippen molar-refractivity contribution in [2.75, 3.05) is 7.11 Å². The first kappa shape index (κ1) is 18.6. The van der Waals surface area contributed by atoms with E-state index in [0.29, 0.717) is 29.4 Å². The van der Waals surface area contributed by atoms with E-state index in [9.17, 15) is 4.79 Å². The summed E-state index contributed by atoms with van der Waals surface area (Å²) in [6.07, 6.45) is 3.73. The highest BCUT2D eigenvalue weighted by atomic mass is 16.5. The number of esters is 1. The van der Waals surface area contributed by atoms with Crippen molar-refractivity contribution < 1.29 is 19.0 Å². The predicted octanol–water partition coefficient (Wildman–Crippen LogP) is 4.28. The molecule has 2 aromatic heterocycles. The van der Waals surface area contributed by atoms with Gasteiger partial charge in [-0.25, -0.2) is 9.78 Å². The number of pyridine rings is 1. The number of ether oxygens (including phenoxy) is 3. The summed E-state index contributed by atoms with van der Waals surface area (Å²) in [5, 5.41) is 0. The van der Waals surface area contributed by atoms with Crippen LogP contribution in [0.1, 0.15) is 21.6 Å². The minimum absolute atomic E-state index is 0.0923. The van der Waals surface area contributed by atoms with Gasteiger partial charge in [-0.15, -0.1) is 0 Å². The molecule has 0 saturated carbocycles. The quantitative estimate of drug-likeness (QED) is 0.442. The topological polar surface area (TPSA) is 62.1 Å². The molecule has 29 heavy (non-hydrogen) atoms. The Labute approximate surface area is 168 Å². The molecule has 0 aliphatic heterocycles. The maximum absolute atomic E-state index is 12.4. The summed E-state index contributed by atoms with van der Waals surface area (Å²) in [5.74, 6) is 0.589. The van der Waals surface area contributed by atoms with E-state index in [4.69, 9.17) is 14.2 Å². The number of imidazole rings is 1. The van der Waals surface area contributed by atoms with Gasteiger partial charge in [0.25, 0.3) is 0 Å². The van der Waals surface area contributed by atoms with Crippen molar-refractivity contribution in [1.82, 2.24) is 9.38 Å². The van der Waals surface area contributed by atoms with Gasteiger partial charge in [0, 0.05) is 12.4 Å². The highest BCUT2D eigenvalue weighted by molar-refractivity contribution is 5.90. The fraction of sp³-hybridized carbons (Fsp3) is 0.130. The fourth-order valence-electron chi connectivity index (χ4n) is 2.93. The number of rotatable bonds is 7. The van der Waals surface area contributed by atoms with Crippen molar-refractivity contribution in [3.05, 3.63) is 95.9 Å². The number of methoxy groups -OCH3 is 1. The van der Waals surface area contributed by atoms with E-state index >= 15 is 0 Å². The summed E-state index contributed by atoms with van der Waals surface area (Å²) in [4.78, 5) is 16.9. The molecule has 2 heterocycles. The van der Waals surface area contributed by atoms with Crippen molar-refractivity contribution in [3.63, 3.8) is 0 Å². The molecular weight excluding hydrogens is 368 g/mol. The Morgan fingerprint density at radius 3 is 2.59 bits per heavy atom. The molecule has 0 radical (unpaired) electrons. The van der Waals surface area contributed by atoms with Crippen molar-refractivity contribution >= 4 is 11.6 Å². The van der Waals surface area contributed by atoms with Gasteiger partial charge in [0.15, 0.2) is 11.5 Å². The molecule has 0 amide bonds. The van der Waals surface area contributed by atoms with E-state index in [0.717, 1.165) is 11.2 Å². The standard InChI is InChI=1S/C23H20N2O4/c1-27-21-13-18(10-11-20(21)28-15-17-7-3-2-4-8-17)23(26)29-16-19-14-25-12-6-5-9-22(25)24-19/h2-14H,15-16H2,1H3. The number of carbonyl (C=O) groups excluding carboxylic acids is 1. The van der Waals surface area contributed by atoms with E-state index in [1.54, 1.807) is 18.2 Å². The number of hydrogen-bond acceptors (Lipinski definition) is 5. The third-order valence-electron chi connectivity index (χ3n) is 4.40. The van der Waals surface area contributed by atoms with Crippen LogP contribution < -0.4 is 9.47 Å². The van der Waals surface area contributed by atoms with Crippen molar-refractivity contribution in [2.24, 2.45) is 0 Å². The van der Waals surface area contributed by atoms with Crippen LogP contribution in [0.5, 0.6) is 11.5 Å². The number of fused-ring (bicyclic) bond motifs is 1. The predicted molar refractivity (Wildman–Crippen MR) is 108 cm³/mol. The summed E-state index contributed by atoms with van der Waals surface area (Å²) in [6, 6.07) is 20.5. The summed E-state index contributed by atoms with van der Waals surface area (Å²) < 4.78 is 18.5. The van der Waals surface area contributed by atoms with Gasteiger partial charge in [-0.05, 0) is 35.9 Å². The lowest BCUT2D eigenvalue weighted by Gasteiger charge is -2.12. The smallest absolute Gasteiger partial charge is 0.338 e. The molecule has 4 rings (SSSR count). The molecule has 6 heteroatoms. The third-order valence-corrected chi connectivity index (χ3v) is 4.40. The highest BCUT2D eigenvalue weighted by Gasteiger charge is 2.13. The highest BCUT2D eigenvalue weighted by Crippen LogP contribution is 2.29. The van der Waals surface area contributed by atoms with Crippen molar-refractivity contribution in [2.45, 2.75) is 13.2 Å². The minimum atomic E-state index is -0.449. The first-order valence-electron chi connectivity index (χ1n) is 9.17. The molecular formula is C23H20N2O4. The molecule has 0 aliphatic carbocycles. The number of nitrogens with zero attached hydrogens (tertiary/aromatic N) is 2. The second kappa shape index (κ2) is 8.48. The van der Waals surface area contributed by atoms with Gasteiger partial charge in [0.05, 0.1) is 18.4 Å². The monoisotopic (exact) mass is 388 g/mol. The van der Waals surface area contributed by atoms with Crippen LogP contribution in [0.15, 0.2) is 79.1 Å². The van der Waals surface area contributed by atoms with E-state index in [2.05, 4.69) is 4.98 Å². The normalized spacial score (nSPS) is 10.7. The maximum atomic E-state index is 12.4. The lowest BCUT2D eigenvalue weighted by molar-refractivity contribution is 0.0468. The lowest BCUT2D eigenvalue weighted by Crippen LogP contribution is -2.06. The molecule has 146 valence electrons. The molecule has 0 N–H and O–H groups in total. The Hall–Kier alpha value is -3.80.